The second-order valence-corrected chi connectivity index (χ2v) is 5.22. The van der Waals surface area contributed by atoms with E-state index in [1.54, 1.807) is 0 Å². The first-order chi connectivity index (χ1) is 9.52. The Hall–Kier alpha value is -1.88. The van der Waals surface area contributed by atoms with Gasteiger partial charge in [-0.15, -0.1) is 0 Å². The molecule has 0 radical (unpaired) electrons. The largest absolute Gasteiger partial charge is 0.480 e. The van der Waals surface area contributed by atoms with Crippen molar-refractivity contribution < 1.29 is 14.7 Å². The first kappa shape index (κ1) is 14.5. The lowest BCUT2D eigenvalue weighted by Crippen LogP contribution is -2.49. The van der Waals surface area contributed by atoms with Crippen LogP contribution in [-0.2, 0) is 22.6 Å². The molecule has 2 unspecified atom stereocenters. The molecule has 0 saturated heterocycles. The van der Waals surface area contributed by atoms with Gasteiger partial charge in [0.1, 0.15) is 6.04 Å². The fourth-order valence-electron chi connectivity index (χ4n) is 2.49. The van der Waals surface area contributed by atoms with Crippen molar-refractivity contribution in [1.82, 2.24) is 4.90 Å². The Balaban J connectivity index is 2.22. The normalized spacial score (nSPS) is 19.3. The van der Waals surface area contributed by atoms with Crippen molar-refractivity contribution in [2.24, 2.45) is 5.73 Å². The number of amides is 1. The predicted molar refractivity (Wildman–Crippen MR) is 75.0 cm³/mol. The van der Waals surface area contributed by atoms with Gasteiger partial charge in [0, 0.05) is 25.4 Å². The van der Waals surface area contributed by atoms with Gasteiger partial charge in [0.25, 0.3) is 0 Å². The molecule has 0 aliphatic carbocycles. The molecule has 1 aliphatic rings. The molecule has 2 rings (SSSR count). The first-order valence-corrected chi connectivity index (χ1v) is 6.87. The van der Waals surface area contributed by atoms with Crippen LogP contribution in [0.3, 0.4) is 0 Å². The topological polar surface area (TPSA) is 83.6 Å². The number of hydrogen-bond acceptors (Lipinski definition) is 3. The van der Waals surface area contributed by atoms with Crippen molar-refractivity contribution in [3.8, 4) is 0 Å². The molecule has 1 heterocycles. The number of nitrogens with two attached hydrogens (primary N) is 1. The third-order valence-electron chi connectivity index (χ3n) is 3.82. The van der Waals surface area contributed by atoms with Crippen LogP contribution in [0.25, 0.3) is 0 Å². The number of fused-ring (bicyclic) bond motifs is 1. The summed E-state index contributed by atoms with van der Waals surface area (Å²) in [4.78, 5) is 25.1. The minimum absolute atomic E-state index is 0.179. The van der Waals surface area contributed by atoms with Crippen molar-refractivity contribution in [2.45, 2.75) is 44.8 Å². The molecule has 1 aromatic rings. The number of carbonyl (C=O) groups is 2. The van der Waals surface area contributed by atoms with E-state index in [2.05, 4.69) is 0 Å². The van der Waals surface area contributed by atoms with Gasteiger partial charge in [0.05, 0.1) is 0 Å². The first-order valence-electron chi connectivity index (χ1n) is 6.87. The van der Waals surface area contributed by atoms with E-state index in [9.17, 15) is 14.7 Å². The van der Waals surface area contributed by atoms with Crippen LogP contribution in [0.1, 0.15) is 30.9 Å². The smallest absolute Gasteiger partial charge is 0.326 e. The van der Waals surface area contributed by atoms with Crippen molar-refractivity contribution in [3.05, 3.63) is 35.4 Å². The van der Waals surface area contributed by atoms with Gasteiger partial charge in [-0.1, -0.05) is 31.2 Å². The lowest BCUT2D eigenvalue weighted by molar-refractivity contribution is -0.151. The SMILES string of the molecule is CCC(N)CC(=O)N1Cc2ccccc2CC1C(=O)O. The minimum atomic E-state index is -0.960. The summed E-state index contributed by atoms with van der Waals surface area (Å²) in [6, 6.07) is 6.65. The highest BCUT2D eigenvalue weighted by Gasteiger charge is 2.34. The Labute approximate surface area is 118 Å². The van der Waals surface area contributed by atoms with Crippen LogP contribution in [0.4, 0.5) is 0 Å². The van der Waals surface area contributed by atoms with Gasteiger partial charge in [-0.05, 0) is 17.5 Å². The van der Waals surface area contributed by atoms with Gasteiger partial charge in [-0.25, -0.2) is 4.79 Å². The van der Waals surface area contributed by atoms with Crippen LogP contribution in [0.5, 0.6) is 0 Å². The fourth-order valence-corrected chi connectivity index (χ4v) is 2.49. The minimum Gasteiger partial charge on any atom is -0.480 e. The van der Waals surface area contributed by atoms with Gasteiger partial charge in [-0.3, -0.25) is 4.79 Å². The molecule has 0 bridgehead atoms. The molecule has 0 aromatic heterocycles. The summed E-state index contributed by atoms with van der Waals surface area (Å²) >= 11 is 0. The molecular weight excluding hydrogens is 256 g/mol. The van der Waals surface area contributed by atoms with Crippen LogP contribution in [-0.4, -0.2) is 34.0 Å². The summed E-state index contributed by atoms with van der Waals surface area (Å²) in [6.45, 7) is 2.26. The Morgan fingerprint density at radius 3 is 2.65 bits per heavy atom. The average molecular weight is 276 g/mol. The maximum absolute atomic E-state index is 12.3. The molecule has 3 N–H and O–H groups in total. The lowest BCUT2D eigenvalue weighted by atomic mass is 9.93. The molecule has 5 nitrogen and oxygen atoms in total. The highest BCUT2D eigenvalue weighted by Crippen LogP contribution is 2.24. The molecule has 2 atom stereocenters. The summed E-state index contributed by atoms with van der Waals surface area (Å²) in [6.07, 6.45) is 1.26. The van der Waals surface area contributed by atoms with Crippen molar-refractivity contribution >= 4 is 11.9 Å². The van der Waals surface area contributed by atoms with Gasteiger partial charge in [0.2, 0.25) is 5.91 Å². The van der Waals surface area contributed by atoms with Crippen molar-refractivity contribution in [2.75, 3.05) is 0 Å². The number of hydrogen-bond donors (Lipinski definition) is 2. The van der Waals surface area contributed by atoms with Crippen LogP contribution in [0.2, 0.25) is 0 Å². The summed E-state index contributed by atoms with van der Waals surface area (Å²) in [5.41, 5.74) is 7.82. The van der Waals surface area contributed by atoms with E-state index < -0.39 is 12.0 Å². The van der Waals surface area contributed by atoms with E-state index in [1.165, 1.54) is 4.90 Å². The summed E-state index contributed by atoms with van der Waals surface area (Å²) < 4.78 is 0. The molecule has 0 fully saturated rings. The van der Waals surface area contributed by atoms with Gasteiger partial charge >= 0.3 is 5.97 Å². The van der Waals surface area contributed by atoms with E-state index in [0.29, 0.717) is 19.4 Å². The lowest BCUT2D eigenvalue weighted by Gasteiger charge is -2.35. The molecule has 1 aliphatic heterocycles. The van der Waals surface area contributed by atoms with Crippen molar-refractivity contribution in [1.29, 1.82) is 0 Å². The second-order valence-electron chi connectivity index (χ2n) is 5.22. The van der Waals surface area contributed by atoms with Crippen LogP contribution in [0.15, 0.2) is 24.3 Å². The zero-order chi connectivity index (χ0) is 14.7. The maximum atomic E-state index is 12.3. The highest BCUT2D eigenvalue weighted by atomic mass is 16.4. The third kappa shape index (κ3) is 2.99. The molecule has 1 aromatic carbocycles. The number of carboxylic acids is 1. The van der Waals surface area contributed by atoms with Crippen LogP contribution < -0.4 is 5.73 Å². The average Bonchev–Trinajstić information content (AvgIpc) is 2.45. The van der Waals surface area contributed by atoms with Gasteiger partial charge < -0.3 is 15.7 Å². The summed E-state index contributed by atoms with van der Waals surface area (Å²) in [5, 5.41) is 9.35. The predicted octanol–water partition coefficient (Wildman–Crippen LogP) is 1.15. The summed E-state index contributed by atoms with van der Waals surface area (Å²) in [7, 11) is 0. The highest BCUT2D eigenvalue weighted by molar-refractivity contribution is 5.84. The van der Waals surface area contributed by atoms with Crippen LogP contribution in [0, 0.1) is 0 Å². The Morgan fingerprint density at radius 1 is 1.40 bits per heavy atom. The van der Waals surface area contributed by atoms with E-state index in [4.69, 9.17) is 5.73 Å². The number of aliphatic carboxylic acids is 1. The molecular formula is C15H20N2O3. The van der Waals surface area contributed by atoms with Gasteiger partial charge in [0.15, 0.2) is 0 Å². The third-order valence-corrected chi connectivity index (χ3v) is 3.82. The number of rotatable bonds is 4. The standard InChI is InChI=1S/C15H20N2O3/c1-2-12(16)8-14(18)17-9-11-6-4-3-5-10(11)7-13(17)15(19)20/h3-6,12-13H,2,7-9,16H2,1H3,(H,19,20). The molecule has 0 saturated carbocycles. The Morgan fingerprint density at radius 2 is 2.05 bits per heavy atom. The monoisotopic (exact) mass is 276 g/mol. The molecule has 20 heavy (non-hydrogen) atoms. The number of benzene rings is 1. The zero-order valence-electron chi connectivity index (χ0n) is 11.6. The molecule has 108 valence electrons. The number of carbonyl (C=O) groups excluding carboxylic acids is 1. The van der Waals surface area contributed by atoms with E-state index in [-0.39, 0.29) is 18.4 Å². The second kappa shape index (κ2) is 6.05. The molecule has 0 spiro atoms. The van der Waals surface area contributed by atoms with E-state index in [1.807, 2.05) is 31.2 Å². The zero-order valence-corrected chi connectivity index (χ0v) is 11.6. The van der Waals surface area contributed by atoms with Crippen molar-refractivity contribution in [3.63, 3.8) is 0 Å². The number of carboxylic acid groups (broad SMARTS) is 1. The Kier molecular flexibility index (Phi) is 4.39. The molecule has 5 heteroatoms. The maximum Gasteiger partial charge on any atom is 0.326 e. The van der Waals surface area contributed by atoms with Gasteiger partial charge in [-0.2, -0.15) is 0 Å². The van der Waals surface area contributed by atoms with E-state index >= 15 is 0 Å². The summed E-state index contributed by atoms with van der Waals surface area (Å²) in [5.74, 6) is -1.14. The quantitative estimate of drug-likeness (QED) is 0.864. The van der Waals surface area contributed by atoms with E-state index in [0.717, 1.165) is 11.1 Å². The Bertz CT molecular complexity index is 516. The molecule has 1 amide bonds. The fraction of sp³-hybridized carbons (Fsp3) is 0.467. The number of nitrogens with zero attached hydrogens (tertiary/aromatic N) is 1. The van der Waals surface area contributed by atoms with Crippen LogP contribution >= 0.6 is 0 Å².